The quantitative estimate of drug-likeness (QED) is 0.0231. The number of fused-ring (bicyclic) bond motifs is 3. The maximum atomic E-state index is 12.7. The lowest BCUT2D eigenvalue weighted by Crippen LogP contribution is -2.48. The second-order valence-electron chi connectivity index (χ2n) is 26.1. The van der Waals surface area contributed by atoms with Crippen LogP contribution in [0.15, 0.2) is 63.7 Å². The molecule has 1 aromatic carbocycles. The number of carbonyl (C=O) groups is 3. The molecule has 6 aromatic heterocycles. The van der Waals surface area contributed by atoms with Crippen LogP contribution in [0.25, 0.3) is 33.5 Å². The van der Waals surface area contributed by atoms with Gasteiger partial charge in [0, 0.05) is 54.5 Å². The molecule has 31 nitrogen and oxygen atoms in total. The molecule has 3 saturated heterocycles. The number of hydrogen-bond acceptors (Lipinski definition) is 24. The highest BCUT2D eigenvalue weighted by atomic mass is 32.2. The summed E-state index contributed by atoms with van der Waals surface area (Å²) in [5.41, 5.74) is 0.0433. The number of hydrogen-bond donors (Lipinski definition) is 8. The summed E-state index contributed by atoms with van der Waals surface area (Å²) in [4.78, 5) is 117. The molecule has 15 atom stereocenters. The zero-order valence-corrected chi connectivity index (χ0v) is 64.0. The number of nitrogens with zero attached hydrogens (tertiary/aromatic N) is 9. The van der Waals surface area contributed by atoms with Gasteiger partial charge in [-0.2, -0.15) is 15.0 Å². The SMILES string of the molecule is CC[C@H]1S[C@@H](n2cnc3c(=O)[nH]c(NC(=O)C(C)C)nc32)[C@H](O[P+](=O)O)[C@@H]1C.CC[C@H]1S[C@@H](n2cnc3c(=O)[nH]c(NC(=O)C(C)C)nc32)[C@H](O[P+](=O)Oc2ccccc2)[C@@H]1C.CC[C@H]1S[C@@H](n2cnc3c(=O)[nH]c(NC(=O)C(C)C)nc32)[C@H](O[Si](C)(C)C(C)(C)C)[C@@H]1O[P+](C)=O.N. The zero-order valence-electron chi connectivity index (χ0n) is 57.9. The van der Waals surface area contributed by atoms with Crippen molar-refractivity contribution < 1.29 is 55.5 Å². The van der Waals surface area contributed by atoms with Crippen molar-refractivity contribution in [2.24, 2.45) is 29.6 Å². The van der Waals surface area contributed by atoms with Gasteiger partial charge in [0.25, 0.3) is 16.7 Å². The molecule has 10 N–H and O–H groups in total. The third-order valence-corrected chi connectivity index (χ3v) is 28.9. The number of aromatic nitrogens is 12. The van der Waals surface area contributed by atoms with Gasteiger partial charge in [-0.3, -0.25) is 73.4 Å². The van der Waals surface area contributed by atoms with E-state index in [2.05, 4.69) is 109 Å². The number of H-pyrrole nitrogens is 3. The van der Waals surface area contributed by atoms with Gasteiger partial charge in [0.2, 0.25) is 35.6 Å². The van der Waals surface area contributed by atoms with Gasteiger partial charge in [-0.1, -0.05) is 115 Å². The van der Waals surface area contributed by atoms with Crippen LogP contribution in [0.4, 0.5) is 17.8 Å². The number of thioether (sulfide) groups is 3. The number of nitrogens with one attached hydrogen (secondary N) is 6. The summed E-state index contributed by atoms with van der Waals surface area (Å²) in [6, 6.07) is 8.84. The van der Waals surface area contributed by atoms with Crippen molar-refractivity contribution in [3.8, 4) is 5.75 Å². The summed E-state index contributed by atoms with van der Waals surface area (Å²) in [5, 5.41) is 7.29. The number of anilines is 3. The van der Waals surface area contributed by atoms with Gasteiger partial charge in [0.15, 0.2) is 66.4 Å². The molecule has 0 saturated carbocycles. The fraction of sp³-hybridized carbons (Fsp3) is 0.600. The lowest BCUT2D eigenvalue weighted by Gasteiger charge is -2.40. The molecule has 0 spiro atoms. The van der Waals surface area contributed by atoms with E-state index in [-0.39, 0.29) is 130 Å². The predicted molar refractivity (Wildman–Crippen MR) is 385 cm³/mol. The molecule has 3 aliphatic rings. The molecule has 38 heteroatoms. The van der Waals surface area contributed by atoms with Crippen LogP contribution in [0, 0.1) is 29.6 Å². The summed E-state index contributed by atoms with van der Waals surface area (Å²) in [5.74, 6) is -0.926. The molecule has 3 aliphatic heterocycles. The molecule has 0 aliphatic carbocycles. The van der Waals surface area contributed by atoms with Gasteiger partial charge < -0.3 is 10.6 Å². The monoisotopic (exact) mass is 1490 g/mol. The molecular formula is C60H90N16O15P3S3Si+3. The number of aromatic amines is 3. The standard InChI is InChI=1S/C22H36N5O5PSSi.C22H26N5O5PS.C16H22N5O5PS.H3N/c1-10-13-15(31-33(7)30)16(32-35(8,9)22(4,5)6)20(34-13)27-11-23-14-17(27)24-21(26-19(14)29)25-18(28)12(2)3;1-5-15-13(4)17(32-33(30)31-14-9-7-6-8-10-14)21(34-15)27-11-23-16-18(27)24-22(26-20(16)29)25-19(28)12(2)3;1-5-9-8(4)11(26-27(24)25)15(28-9)21-6-17-10-12(21)18-16(20-14(10)23)19-13(22)7(2)3;/h11-13,15-16,20H,10H2,1-9H3,(H-,24,25,26,28,29);6-13,15,17,21H,5H2,1-4H3,(H-,24,25,26,28,29);6-9,11,15H,5H2,1-4H3,(H2-,18,19,20,22,23,24,25);1H3/p+3/t13-,15-,16-,20-;13-,15-,17-,21-;8-,9-,11-,15-;/m111./s1. The maximum Gasteiger partial charge on any atom is 0.750 e. The van der Waals surface area contributed by atoms with Crippen molar-refractivity contribution in [1.82, 2.24) is 64.7 Å². The molecule has 3 unspecified atom stereocenters. The smallest absolute Gasteiger partial charge is 0.408 e. The van der Waals surface area contributed by atoms with E-state index in [1.165, 1.54) is 12.7 Å². The third-order valence-electron chi connectivity index (χ3n) is 17.2. The second-order valence-corrected chi connectivity index (χ2v) is 37.6. The minimum absolute atomic E-state index is 0. The van der Waals surface area contributed by atoms with E-state index >= 15 is 0 Å². The van der Waals surface area contributed by atoms with Gasteiger partial charge in [-0.25, -0.2) is 19.5 Å². The van der Waals surface area contributed by atoms with Crippen LogP contribution in [0.5, 0.6) is 5.75 Å². The van der Waals surface area contributed by atoms with Crippen molar-refractivity contribution in [3.63, 3.8) is 0 Å². The Morgan fingerprint density at radius 3 is 1.29 bits per heavy atom. The average Bonchev–Trinajstić information content (AvgIpc) is 1.58. The van der Waals surface area contributed by atoms with Crippen LogP contribution in [0.2, 0.25) is 18.1 Å². The van der Waals surface area contributed by atoms with Crippen LogP contribution < -0.4 is 43.3 Å². The van der Waals surface area contributed by atoms with Crippen molar-refractivity contribution in [3.05, 3.63) is 80.4 Å². The second kappa shape index (κ2) is 33.5. The molecule has 7 aromatic rings. The van der Waals surface area contributed by atoms with Crippen LogP contribution in [0.3, 0.4) is 0 Å². The summed E-state index contributed by atoms with van der Waals surface area (Å²) < 4.78 is 71.1. The van der Waals surface area contributed by atoms with E-state index in [4.69, 9.17) is 22.5 Å². The Kier molecular flexibility index (Phi) is 27.1. The fourth-order valence-electron chi connectivity index (χ4n) is 10.7. The van der Waals surface area contributed by atoms with E-state index in [1.807, 2.05) is 31.4 Å². The summed E-state index contributed by atoms with van der Waals surface area (Å²) in [6.07, 6.45) is 5.30. The van der Waals surface area contributed by atoms with Crippen LogP contribution in [-0.4, -0.2) is 136 Å². The minimum Gasteiger partial charge on any atom is -0.408 e. The molecule has 0 bridgehead atoms. The Bertz CT molecular complexity index is 4210. The summed E-state index contributed by atoms with van der Waals surface area (Å²) in [6.45, 7) is 33.1. The van der Waals surface area contributed by atoms with Gasteiger partial charge in [0.1, 0.15) is 28.3 Å². The highest BCUT2D eigenvalue weighted by Crippen LogP contribution is 2.54. The number of imidazole rings is 3. The Morgan fingerprint density at radius 1 is 0.592 bits per heavy atom. The molecule has 10 rings (SSSR count). The topological polar surface area (TPSA) is 431 Å². The van der Waals surface area contributed by atoms with E-state index in [1.54, 1.807) is 123 Å². The summed E-state index contributed by atoms with van der Waals surface area (Å²) in [7, 11) is -9.32. The summed E-state index contributed by atoms with van der Waals surface area (Å²) >= 11 is 4.89. The first-order valence-electron chi connectivity index (χ1n) is 31.9. The highest BCUT2D eigenvalue weighted by Gasteiger charge is 2.54. The van der Waals surface area contributed by atoms with Gasteiger partial charge in [-0.15, -0.1) is 53.8 Å². The van der Waals surface area contributed by atoms with Gasteiger partial charge >= 0.3 is 24.5 Å². The van der Waals surface area contributed by atoms with Crippen LogP contribution in [-0.2, 0) is 46.1 Å². The van der Waals surface area contributed by atoms with Crippen molar-refractivity contribution >= 4 is 137 Å². The van der Waals surface area contributed by atoms with E-state index in [9.17, 15) is 47.4 Å². The molecule has 3 fully saturated rings. The fourth-order valence-corrected chi connectivity index (χ4v) is 19.2. The Balaban J connectivity index is 0.000000207. The Hall–Kier alpha value is -6.19. The number of carbonyl (C=O) groups excluding carboxylic acids is 3. The molecular weight excluding hydrogens is 1400 g/mol. The van der Waals surface area contributed by atoms with E-state index in [0.717, 1.165) is 19.3 Å². The molecule has 534 valence electrons. The van der Waals surface area contributed by atoms with Crippen LogP contribution >= 0.6 is 59.8 Å². The number of benzene rings is 1. The average molecular weight is 1490 g/mol. The van der Waals surface area contributed by atoms with Crippen molar-refractivity contribution in [1.29, 1.82) is 0 Å². The lowest BCUT2D eigenvalue weighted by atomic mass is 9.99. The van der Waals surface area contributed by atoms with E-state index in [0.29, 0.717) is 17.0 Å². The Morgan fingerprint density at radius 2 is 0.949 bits per heavy atom. The normalized spacial score (nSPS) is 23.7. The predicted octanol–water partition coefficient (Wildman–Crippen LogP) is 12.0. The van der Waals surface area contributed by atoms with Gasteiger partial charge in [0.05, 0.1) is 19.0 Å². The number of para-hydroxylation sites is 1. The molecule has 98 heavy (non-hydrogen) atoms. The number of amides is 3. The molecule has 9 heterocycles. The molecule has 3 amide bonds. The largest absolute Gasteiger partial charge is 0.750 e. The Labute approximate surface area is 583 Å². The third kappa shape index (κ3) is 18.3. The molecule has 0 radical (unpaired) electrons. The minimum atomic E-state index is -2.78. The van der Waals surface area contributed by atoms with E-state index < -0.39 is 73.9 Å². The first-order valence-corrected chi connectivity index (χ1v) is 41.5. The maximum absolute atomic E-state index is 12.7. The zero-order chi connectivity index (χ0) is 71.3. The first kappa shape index (κ1) is 79.1. The lowest BCUT2D eigenvalue weighted by molar-refractivity contribution is -0.119. The van der Waals surface area contributed by atoms with Crippen molar-refractivity contribution in [2.45, 2.75) is 191 Å². The number of rotatable bonds is 22. The van der Waals surface area contributed by atoms with Gasteiger partial charge in [-0.05, 0) is 54.1 Å². The first-order chi connectivity index (χ1) is 45.7. The van der Waals surface area contributed by atoms with Crippen LogP contribution in [0.1, 0.15) is 132 Å². The van der Waals surface area contributed by atoms with Crippen molar-refractivity contribution in [2.75, 3.05) is 22.6 Å². The highest BCUT2D eigenvalue weighted by molar-refractivity contribution is 8.00.